The number of alkyl halides is 3. The minimum Gasteiger partial charge on any atom is -0.329 e. The van der Waals surface area contributed by atoms with Gasteiger partial charge < -0.3 is 10.6 Å². The summed E-state index contributed by atoms with van der Waals surface area (Å²) in [6, 6.07) is 0. The highest BCUT2D eigenvalue weighted by Crippen LogP contribution is 2.43. The standard InChI is InChI=1S/C15H28F3N3/c1-20-7-5-12(9-20)10-21(2)14(11-19)6-3-4-13(8-14)15(16,17)18/h12-13H,3-11,19H2,1-2H3. The summed E-state index contributed by atoms with van der Waals surface area (Å²) < 4.78 is 39.2. The van der Waals surface area contributed by atoms with Gasteiger partial charge in [0.15, 0.2) is 0 Å². The third-order valence-electron chi connectivity index (χ3n) is 5.49. The Bertz CT molecular complexity index is 348. The Balaban J connectivity index is 2.02. The maximum Gasteiger partial charge on any atom is 0.391 e. The van der Waals surface area contributed by atoms with Crippen LogP contribution in [-0.4, -0.2) is 61.8 Å². The van der Waals surface area contributed by atoms with E-state index in [1.54, 1.807) is 0 Å². The lowest BCUT2D eigenvalue weighted by molar-refractivity contribution is -0.193. The van der Waals surface area contributed by atoms with Crippen molar-refractivity contribution in [3.63, 3.8) is 0 Å². The summed E-state index contributed by atoms with van der Waals surface area (Å²) in [5, 5.41) is 0. The van der Waals surface area contributed by atoms with Crippen LogP contribution in [-0.2, 0) is 0 Å². The lowest BCUT2D eigenvalue weighted by atomic mass is 9.74. The molecule has 3 nitrogen and oxygen atoms in total. The van der Waals surface area contributed by atoms with Gasteiger partial charge in [0, 0.05) is 25.2 Å². The van der Waals surface area contributed by atoms with Gasteiger partial charge in [-0.2, -0.15) is 13.2 Å². The van der Waals surface area contributed by atoms with Crippen molar-refractivity contribution >= 4 is 0 Å². The highest BCUT2D eigenvalue weighted by Gasteiger charge is 2.48. The average Bonchev–Trinajstić information content (AvgIpc) is 2.83. The first kappa shape index (κ1) is 17.0. The summed E-state index contributed by atoms with van der Waals surface area (Å²) >= 11 is 0. The molecule has 1 heterocycles. The van der Waals surface area contributed by atoms with Crippen molar-refractivity contribution in [2.45, 2.75) is 43.8 Å². The van der Waals surface area contributed by atoms with Gasteiger partial charge in [-0.15, -0.1) is 0 Å². The Hall–Kier alpha value is -0.330. The zero-order chi connectivity index (χ0) is 15.7. The molecule has 2 fully saturated rings. The predicted octanol–water partition coefficient (Wildman–Crippen LogP) is 2.32. The van der Waals surface area contributed by atoms with E-state index < -0.39 is 17.6 Å². The first-order chi connectivity index (χ1) is 9.77. The van der Waals surface area contributed by atoms with Crippen LogP contribution in [0, 0.1) is 11.8 Å². The summed E-state index contributed by atoms with van der Waals surface area (Å²) in [6.45, 7) is 3.29. The van der Waals surface area contributed by atoms with Crippen molar-refractivity contribution in [1.82, 2.24) is 9.80 Å². The summed E-state index contributed by atoms with van der Waals surface area (Å²) in [5.41, 5.74) is 5.45. The summed E-state index contributed by atoms with van der Waals surface area (Å²) in [6.07, 6.45) is -1.14. The topological polar surface area (TPSA) is 32.5 Å². The zero-order valence-electron chi connectivity index (χ0n) is 13.1. The third kappa shape index (κ3) is 3.90. The van der Waals surface area contributed by atoms with Crippen LogP contribution in [0.25, 0.3) is 0 Å². The number of nitrogens with zero attached hydrogens (tertiary/aromatic N) is 2. The molecule has 2 aliphatic rings. The fourth-order valence-corrected chi connectivity index (χ4v) is 4.06. The van der Waals surface area contributed by atoms with Gasteiger partial charge >= 0.3 is 6.18 Å². The van der Waals surface area contributed by atoms with E-state index in [4.69, 9.17) is 5.73 Å². The number of hydrogen-bond acceptors (Lipinski definition) is 3. The van der Waals surface area contributed by atoms with Crippen molar-refractivity contribution in [2.75, 3.05) is 40.3 Å². The van der Waals surface area contributed by atoms with Crippen molar-refractivity contribution in [1.29, 1.82) is 0 Å². The number of nitrogens with two attached hydrogens (primary N) is 1. The fourth-order valence-electron chi connectivity index (χ4n) is 4.06. The molecule has 0 bridgehead atoms. The van der Waals surface area contributed by atoms with Gasteiger partial charge in [-0.3, -0.25) is 4.90 Å². The molecule has 124 valence electrons. The number of halogens is 3. The van der Waals surface area contributed by atoms with Crippen LogP contribution in [0.3, 0.4) is 0 Å². The largest absolute Gasteiger partial charge is 0.391 e. The second-order valence-corrected chi connectivity index (χ2v) is 7.06. The van der Waals surface area contributed by atoms with E-state index in [1.165, 1.54) is 0 Å². The third-order valence-corrected chi connectivity index (χ3v) is 5.49. The highest BCUT2D eigenvalue weighted by atomic mass is 19.4. The second kappa shape index (κ2) is 6.42. The van der Waals surface area contributed by atoms with Crippen LogP contribution in [0.1, 0.15) is 32.1 Å². The SMILES string of the molecule is CN1CCC(CN(C)C2(CN)CCCC(C(F)(F)F)C2)C1. The van der Waals surface area contributed by atoms with Gasteiger partial charge in [-0.1, -0.05) is 6.42 Å². The van der Waals surface area contributed by atoms with Crippen molar-refractivity contribution in [3.8, 4) is 0 Å². The number of rotatable bonds is 4. The van der Waals surface area contributed by atoms with Crippen molar-refractivity contribution in [3.05, 3.63) is 0 Å². The highest BCUT2D eigenvalue weighted by molar-refractivity contribution is 4.98. The van der Waals surface area contributed by atoms with E-state index >= 15 is 0 Å². The van der Waals surface area contributed by atoms with Crippen LogP contribution < -0.4 is 5.73 Å². The molecule has 0 radical (unpaired) electrons. The number of likely N-dealkylation sites (N-methyl/N-ethyl adjacent to an activating group) is 1. The molecule has 6 heteroatoms. The van der Waals surface area contributed by atoms with Crippen LogP contribution in [0.5, 0.6) is 0 Å². The van der Waals surface area contributed by atoms with Crippen molar-refractivity contribution in [2.24, 2.45) is 17.6 Å². The molecule has 0 amide bonds. The maximum absolute atomic E-state index is 13.1. The molecule has 1 aliphatic carbocycles. The average molecular weight is 307 g/mol. The number of likely N-dealkylation sites (tertiary alicyclic amines) is 1. The van der Waals surface area contributed by atoms with Gasteiger partial charge in [0.05, 0.1) is 5.92 Å². The molecule has 0 aromatic carbocycles. The van der Waals surface area contributed by atoms with E-state index in [-0.39, 0.29) is 12.8 Å². The molecule has 1 saturated carbocycles. The fraction of sp³-hybridized carbons (Fsp3) is 1.00. The van der Waals surface area contributed by atoms with Gasteiger partial charge in [0.1, 0.15) is 0 Å². The molecule has 2 rings (SSSR count). The lowest BCUT2D eigenvalue weighted by Gasteiger charge is -2.47. The molecule has 3 unspecified atom stereocenters. The van der Waals surface area contributed by atoms with Gasteiger partial charge in [0.2, 0.25) is 0 Å². The molecule has 0 aromatic rings. The Morgan fingerprint density at radius 2 is 2.05 bits per heavy atom. The van der Waals surface area contributed by atoms with E-state index in [0.29, 0.717) is 18.9 Å². The molecule has 1 saturated heterocycles. The maximum atomic E-state index is 13.1. The molecule has 21 heavy (non-hydrogen) atoms. The van der Waals surface area contributed by atoms with Crippen molar-refractivity contribution < 1.29 is 13.2 Å². The summed E-state index contributed by atoms with van der Waals surface area (Å²) in [4.78, 5) is 4.42. The second-order valence-electron chi connectivity index (χ2n) is 7.06. The quantitative estimate of drug-likeness (QED) is 0.865. The van der Waals surface area contributed by atoms with E-state index in [2.05, 4.69) is 16.8 Å². The molecular formula is C15H28F3N3. The molecule has 0 spiro atoms. The smallest absolute Gasteiger partial charge is 0.329 e. The van der Waals surface area contributed by atoms with E-state index in [1.807, 2.05) is 7.05 Å². The van der Waals surface area contributed by atoms with Gasteiger partial charge in [-0.05, 0) is 52.2 Å². The molecule has 2 N–H and O–H groups in total. The van der Waals surface area contributed by atoms with Crippen LogP contribution >= 0.6 is 0 Å². The summed E-state index contributed by atoms with van der Waals surface area (Å²) in [5.74, 6) is -0.641. The van der Waals surface area contributed by atoms with Gasteiger partial charge in [0.25, 0.3) is 0 Å². The Kier molecular flexibility index (Phi) is 5.21. The lowest BCUT2D eigenvalue weighted by Crippen LogP contribution is -2.57. The molecular weight excluding hydrogens is 279 g/mol. The normalized spacial score (nSPS) is 35.6. The Morgan fingerprint density at radius 3 is 2.57 bits per heavy atom. The first-order valence-corrected chi connectivity index (χ1v) is 7.93. The zero-order valence-corrected chi connectivity index (χ0v) is 13.1. The minimum atomic E-state index is -4.09. The van der Waals surface area contributed by atoms with Gasteiger partial charge in [-0.25, -0.2) is 0 Å². The Labute approximate surface area is 125 Å². The predicted molar refractivity (Wildman–Crippen MR) is 78.0 cm³/mol. The van der Waals surface area contributed by atoms with Crippen LogP contribution in [0.15, 0.2) is 0 Å². The first-order valence-electron chi connectivity index (χ1n) is 7.93. The van der Waals surface area contributed by atoms with Crippen LogP contribution in [0.4, 0.5) is 13.2 Å². The molecule has 1 aliphatic heterocycles. The molecule has 0 aromatic heterocycles. The molecule has 3 atom stereocenters. The number of hydrogen-bond donors (Lipinski definition) is 1. The minimum absolute atomic E-state index is 0.159. The van der Waals surface area contributed by atoms with Crippen LogP contribution in [0.2, 0.25) is 0 Å². The Morgan fingerprint density at radius 1 is 1.33 bits per heavy atom. The van der Waals surface area contributed by atoms with E-state index in [0.717, 1.165) is 32.5 Å². The van der Waals surface area contributed by atoms with E-state index in [9.17, 15) is 13.2 Å². The summed E-state index contributed by atoms with van der Waals surface area (Å²) in [7, 11) is 4.06. The monoisotopic (exact) mass is 307 g/mol.